The van der Waals surface area contributed by atoms with Crippen molar-refractivity contribution < 1.29 is 29.3 Å². The van der Waals surface area contributed by atoms with E-state index in [-0.39, 0.29) is 17.4 Å². The highest BCUT2D eigenvalue weighted by molar-refractivity contribution is 5.97. The number of carbonyl (C=O) groups is 2. The number of anilines is 1. The zero-order chi connectivity index (χ0) is 24.6. The topological polar surface area (TPSA) is 117 Å². The zero-order valence-electron chi connectivity index (χ0n) is 19.1. The number of ether oxygens (including phenoxy) is 2. The minimum atomic E-state index is -1.13. The van der Waals surface area contributed by atoms with Gasteiger partial charge in [-0.25, -0.2) is 4.79 Å². The minimum Gasteiger partial charge on any atom is -0.481 e. The number of para-hydroxylation sites is 2. The second kappa shape index (κ2) is 11.4. The average molecular weight is 477 g/mol. The lowest BCUT2D eigenvalue weighted by Gasteiger charge is -2.36. The van der Waals surface area contributed by atoms with E-state index < -0.39 is 30.6 Å². The minimum absolute atomic E-state index is 0.183. The Labute approximate surface area is 203 Å². The lowest BCUT2D eigenvalue weighted by molar-refractivity contribution is -0.139. The molecule has 3 atom stereocenters. The van der Waals surface area contributed by atoms with Crippen LogP contribution in [0.4, 0.5) is 5.69 Å². The summed E-state index contributed by atoms with van der Waals surface area (Å²) in [6, 6.07) is 22.7. The van der Waals surface area contributed by atoms with Crippen LogP contribution in [-0.4, -0.2) is 46.9 Å². The molecular formula is C27H28N2O6. The molecule has 8 nitrogen and oxygen atoms in total. The Balaban J connectivity index is 1.39. The summed E-state index contributed by atoms with van der Waals surface area (Å²) in [6.45, 7) is -0.546. The standard InChI is InChI=1S/C27H28N2O6/c30-25(31)17-34-24-15-5-4-12-21(24)27(33)29-23-14-7-13-22(26(23)32)28-18-8-6-11-20(16-18)35-19-9-2-1-3-10-19/h1-6,8-12,15-16,22-23,26,28,32H,7,13-14,17H2,(H,29,33)(H,30,31)/t22-,23-,26+/m1/s1. The summed E-state index contributed by atoms with van der Waals surface area (Å²) in [4.78, 5) is 23.8. The zero-order valence-corrected chi connectivity index (χ0v) is 19.1. The van der Waals surface area contributed by atoms with Crippen LogP contribution >= 0.6 is 0 Å². The Kier molecular flexibility index (Phi) is 7.84. The van der Waals surface area contributed by atoms with Crippen LogP contribution in [0.2, 0.25) is 0 Å². The molecular weight excluding hydrogens is 448 g/mol. The number of hydrogen-bond acceptors (Lipinski definition) is 6. The predicted molar refractivity (Wildman–Crippen MR) is 131 cm³/mol. The van der Waals surface area contributed by atoms with Crippen molar-refractivity contribution in [2.75, 3.05) is 11.9 Å². The first-order chi connectivity index (χ1) is 17.0. The van der Waals surface area contributed by atoms with Crippen molar-refractivity contribution in [1.29, 1.82) is 0 Å². The lowest BCUT2D eigenvalue weighted by atomic mass is 9.87. The van der Waals surface area contributed by atoms with Crippen molar-refractivity contribution in [2.24, 2.45) is 0 Å². The molecule has 35 heavy (non-hydrogen) atoms. The molecule has 8 heteroatoms. The molecule has 4 N–H and O–H groups in total. The van der Waals surface area contributed by atoms with Crippen LogP contribution < -0.4 is 20.1 Å². The van der Waals surface area contributed by atoms with Gasteiger partial charge in [0.15, 0.2) is 6.61 Å². The fraction of sp³-hybridized carbons (Fsp3) is 0.259. The molecule has 3 aromatic rings. The Bertz CT molecular complexity index is 1150. The van der Waals surface area contributed by atoms with Crippen LogP contribution in [0.5, 0.6) is 17.2 Å². The normalized spacial score (nSPS) is 19.4. The molecule has 0 unspecified atom stereocenters. The molecule has 4 rings (SSSR count). The summed E-state index contributed by atoms with van der Waals surface area (Å²) >= 11 is 0. The molecule has 182 valence electrons. The number of aliphatic hydroxyl groups excluding tert-OH is 1. The first-order valence-electron chi connectivity index (χ1n) is 11.5. The van der Waals surface area contributed by atoms with E-state index in [1.54, 1.807) is 24.3 Å². The van der Waals surface area contributed by atoms with E-state index in [4.69, 9.17) is 14.6 Å². The van der Waals surface area contributed by atoms with Gasteiger partial charge >= 0.3 is 5.97 Å². The van der Waals surface area contributed by atoms with Crippen LogP contribution in [0.25, 0.3) is 0 Å². The SMILES string of the molecule is O=C(O)COc1ccccc1C(=O)N[C@@H]1CCC[C@@H](Nc2cccc(Oc3ccccc3)c2)[C@@H]1O. The highest BCUT2D eigenvalue weighted by Crippen LogP contribution is 2.28. The first kappa shape index (κ1) is 24.1. The molecule has 1 aliphatic carbocycles. The summed E-state index contributed by atoms with van der Waals surface area (Å²) in [5.74, 6) is 0.0404. The van der Waals surface area contributed by atoms with E-state index in [1.807, 2.05) is 54.6 Å². The maximum absolute atomic E-state index is 12.9. The second-order valence-electron chi connectivity index (χ2n) is 8.37. The summed E-state index contributed by atoms with van der Waals surface area (Å²) in [6.07, 6.45) is 1.37. The van der Waals surface area contributed by atoms with E-state index in [0.717, 1.165) is 24.3 Å². The van der Waals surface area contributed by atoms with Gasteiger partial charge < -0.3 is 30.3 Å². The van der Waals surface area contributed by atoms with Gasteiger partial charge in [-0.05, 0) is 55.7 Å². The van der Waals surface area contributed by atoms with Crippen LogP contribution in [-0.2, 0) is 4.79 Å². The number of carboxylic acids is 1. The van der Waals surface area contributed by atoms with Crippen molar-refractivity contribution >= 4 is 17.6 Å². The van der Waals surface area contributed by atoms with Crippen LogP contribution in [0.3, 0.4) is 0 Å². The second-order valence-corrected chi connectivity index (χ2v) is 8.37. The molecule has 0 aliphatic heterocycles. The molecule has 1 amide bonds. The summed E-state index contributed by atoms with van der Waals surface area (Å²) < 4.78 is 11.1. The van der Waals surface area contributed by atoms with Crippen molar-refractivity contribution in [3.05, 3.63) is 84.4 Å². The number of nitrogens with one attached hydrogen (secondary N) is 2. The van der Waals surface area contributed by atoms with Crippen molar-refractivity contribution in [1.82, 2.24) is 5.32 Å². The van der Waals surface area contributed by atoms with E-state index in [9.17, 15) is 14.7 Å². The fourth-order valence-corrected chi connectivity index (χ4v) is 4.15. The lowest BCUT2D eigenvalue weighted by Crippen LogP contribution is -2.53. The largest absolute Gasteiger partial charge is 0.481 e. The van der Waals surface area contributed by atoms with Gasteiger partial charge in [-0.2, -0.15) is 0 Å². The first-order valence-corrected chi connectivity index (χ1v) is 11.5. The third-order valence-electron chi connectivity index (χ3n) is 5.82. The maximum atomic E-state index is 12.9. The van der Waals surface area contributed by atoms with Crippen LogP contribution in [0.15, 0.2) is 78.9 Å². The quantitative estimate of drug-likeness (QED) is 0.368. The fourth-order valence-electron chi connectivity index (χ4n) is 4.15. The number of rotatable bonds is 9. The Morgan fingerprint density at radius 1 is 0.886 bits per heavy atom. The molecule has 0 aromatic heterocycles. The van der Waals surface area contributed by atoms with E-state index >= 15 is 0 Å². The van der Waals surface area contributed by atoms with Gasteiger partial charge in [-0.1, -0.05) is 36.4 Å². The monoisotopic (exact) mass is 476 g/mol. The van der Waals surface area contributed by atoms with Gasteiger partial charge in [0, 0.05) is 11.8 Å². The number of aliphatic carboxylic acids is 1. The summed E-state index contributed by atoms with van der Waals surface area (Å²) in [7, 11) is 0. The summed E-state index contributed by atoms with van der Waals surface area (Å²) in [5.41, 5.74) is 1.03. The smallest absolute Gasteiger partial charge is 0.341 e. The molecule has 0 radical (unpaired) electrons. The van der Waals surface area contributed by atoms with E-state index in [0.29, 0.717) is 12.2 Å². The Morgan fingerprint density at radius 3 is 2.40 bits per heavy atom. The number of hydrogen-bond donors (Lipinski definition) is 4. The number of carboxylic acid groups (broad SMARTS) is 1. The van der Waals surface area contributed by atoms with Gasteiger partial charge in [-0.3, -0.25) is 4.79 Å². The maximum Gasteiger partial charge on any atom is 0.341 e. The molecule has 0 heterocycles. The van der Waals surface area contributed by atoms with Crippen molar-refractivity contribution in [3.8, 4) is 17.2 Å². The van der Waals surface area contributed by atoms with Gasteiger partial charge in [0.1, 0.15) is 17.2 Å². The van der Waals surface area contributed by atoms with E-state index in [1.165, 1.54) is 0 Å². The molecule has 0 bridgehead atoms. The predicted octanol–water partition coefficient (Wildman–Crippen LogP) is 4.07. The summed E-state index contributed by atoms with van der Waals surface area (Å²) in [5, 5.41) is 26.2. The molecule has 1 saturated carbocycles. The average Bonchev–Trinajstić information content (AvgIpc) is 2.86. The Morgan fingerprint density at radius 2 is 1.60 bits per heavy atom. The van der Waals surface area contributed by atoms with Gasteiger partial charge in [-0.15, -0.1) is 0 Å². The third kappa shape index (κ3) is 6.51. The van der Waals surface area contributed by atoms with Crippen LogP contribution in [0, 0.1) is 0 Å². The van der Waals surface area contributed by atoms with Gasteiger partial charge in [0.25, 0.3) is 5.91 Å². The molecule has 1 fully saturated rings. The number of carbonyl (C=O) groups excluding carboxylic acids is 1. The third-order valence-corrected chi connectivity index (χ3v) is 5.82. The molecule has 3 aromatic carbocycles. The number of aliphatic hydroxyl groups is 1. The van der Waals surface area contributed by atoms with Crippen molar-refractivity contribution in [2.45, 2.75) is 37.5 Å². The van der Waals surface area contributed by atoms with E-state index in [2.05, 4.69) is 10.6 Å². The molecule has 0 spiro atoms. The highest BCUT2D eigenvalue weighted by atomic mass is 16.5. The van der Waals surface area contributed by atoms with Gasteiger partial charge in [0.2, 0.25) is 0 Å². The highest BCUT2D eigenvalue weighted by Gasteiger charge is 2.33. The molecule has 1 aliphatic rings. The number of amides is 1. The Hall–Kier alpha value is -4.04. The van der Waals surface area contributed by atoms with Crippen molar-refractivity contribution in [3.63, 3.8) is 0 Å². The van der Waals surface area contributed by atoms with Crippen LogP contribution in [0.1, 0.15) is 29.6 Å². The van der Waals surface area contributed by atoms with Gasteiger partial charge in [0.05, 0.1) is 23.8 Å². The number of benzene rings is 3. The molecule has 0 saturated heterocycles.